The largest absolute Gasteiger partial charge is 0.326 e. The maximum atomic E-state index is 13.0. The molecule has 1 heterocycles. The van der Waals surface area contributed by atoms with Crippen molar-refractivity contribution in [3.8, 4) is 0 Å². The summed E-state index contributed by atoms with van der Waals surface area (Å²) in [7, 11) is 0. The molecule has 1 aliphatic heterocycles. The Labute approximate surface area is 182 Å². The van der Waals surface area contributed by atoms with Gasteiger partial charge in [-0.05, 0) is 64.6 Å². The van der Waals surface area contributed by atoms with Crippen molar-refractivity contribution in [3.63, 3.8) is 0 Å². The van der Waals surface area contributed by atoms with E-state index in [4.69, 9.17) is 11.6 Å². The summed E-state index contributed by atoms with van der Waals surface area (Å²) >= 11 is 8.04. The van der Waals surface area contributed by atoms with Crippen molar-refractivity contribution in [3.05, 3.63) is 75.3 Å². The molecule has 3 rings (SSSR count). The van der Waals surface area contributed by atoms with Crippen LogP contribution in [0.1, 0.15) is 12.0 Å². The minimum atomic E-state index is -0.829. The van der Waals surface area contributed by atoms with Crippen molar-refractivity contribution in [2.75, 3.05) is 11.4 Å². The lowest BCUT2D eigenvalue weighted by Crippen LogP contribution is -2.46. The fourth-order valence-corrected chi connectivity index (χ4v) is 3.63. The molecule has 144 valence electrons. The van der Waals surface area contributed by atoms with Gasteiger partial charge >= 0.3 is 0 Å². The minimum absolute atomic E-state index is 0.0367. The molecule has 1 fully saturated rings. The van der Waals surface area contributed by atoms with E-state index in [1.807, 2.05) is 12.1 Å². The highest BCUT2D eigenvalue weighted by Gasteiger charge is 2.43. The highest BCUT2D eigenvalue weighted by molar-refractivity contribution is 14.1. The number of anilines is 1. The predicted molar refractivity (Wildman–Crippen MR) is 117 cm³/mol. The summed E-state index contributed by atoms with van der Waals surface area (Å²) in [5.74, 6) is -0.945. The van der Waals surface area contributed by atoms with Crippen LogP contribution in [0, 0.1) is 3.57 Å². The first-order chi connectivity index (χ1) is 13.4. The summed E-state index contributed by atoms with van der Waals surface area (Å²) < 4.78 is 1.00. The summed E-state index contributed by atoms with van der Waals surface area (Å²) in [4.78, 5) is 41.0. The van der Waals surface area contributed by atoms with Crippen LogP contribution in [0.15, 0.2) is 61.2 Å². The Morgan fingerprint density at radius 3 is 2.43 bits per heavy atom. The van der Waals surface area contributed by atoms with Gasteiger partial charge in [0.1, 0.15) is 6.04 Å². The molecule has 28 heavy (non-hydrogen) atoms. The van der Waals surface area contributed by atoms with Gasteiger partial charge in [-0.2, -0.15) is 0 Å². The second-order valence-electron chi connectivity index (χ2n) is 6.40. The van der Waals surface area contributed by atoms with Crippen LogP contribution in [-0.2, 0) is 20.8 Å². The molecule has 0 spiro atoms. The van der Waals surface area contributed by atoms with E-state index in [1.165, 1.54) is 4.90 Å². The topological polar surface area (TPSA) is 57.7 Å². The smallest absolute Gasteiger partial charge is 0.257 e. The molecule has 3 amide bonds. The van der Waals surface area contributed by atoms with E-state index in [1.54, 1.807) is 42.5 Å². The van der Waals surface area contributed by atoms with E-state index in [-0.39, 0.29) is 31.2 Å². The highest BCUT2D eigenvalue weighted by Crippen LogP contribution is 2.27. The van der Waals surface area contributed by atoms with Gasteiger partial charge in [0.15, 0.2) is 0 Å². The predicted octanol–water partition coefficient (Wildman–Crippen LogP) is 3.83. The van der Waals surface area contributed by atoms with Crippen molar-refractivity contribution < 1.29 is 14.4 Å². The van der Waals surface area contributed by atoms with Crippen LogP contribution in [0.3, 0.4) is 0 Å². The summed E-state index contributed by atoms with van der Waals surface area (Å²) in [6.45, 7) is 3.87. The second kappa shape index (κ2) is 8.87. The van der Waals surface area contributed by atoms with E-state index in [0.717, 1.165) is 14.0 Å². The summed E-state index contributed by atoms with van der Waals surface area (Å²) in [6, 6.07) is 13.3. The lowest BCUT2D eigenvalue weighted by Gasteiger charge is -2.26. The van der Waals surface area contributed by atoms with E-state index in [0.29, 0.717) is 10.7 Å². The molecule has 7 heteroatoms. The number of rotatable bonds is 6. The molecule has 1 atom stereocenters. The monoisotopic (exact) mass is 508 g/mol. The average molecular weight is 509 g/mol. The average Bonchev–Trinajstić information content (AvgIpc) is 2.96. The van der Waals surface area contributed by atoms with Crippen molar-refractivity contribution in [2.45, 2.75) is 18.9 Å². The molecule has 1 unspecified atom stereocenters. The molecule has 2 aromatic carbocycles. The fourth-order valence-electron chi connectivity index (χ4n) is 3.14. The lowest BCUT2D eigenvalue weighted by atomic mass is 10.1. The van der Waals surface area contributed by atoms with E-state index >= 15 is 0 Å². The Kier molecular flexibility index (Phi) is 6.51. The third-order valence-electron chi connectivity index (χ3n) is 4.50. The number of imide groups is 1. The number of carbonyl (C=O) groups is 3. The summed E-state index contributed by atoms with van der Waals surface area (Å²) in [5, 5.41) is 0.587. The Balaban J connectivity index is 1.81. The first-order valence-corrected chi connectivity index (χ1v) is 10.1. The SMILES string of the molecule is C=CCN(C(=O)Cc1ccc(Cl)cc1)C1CC(=O)N(c2ccc(I)cc2)C1=O. The Bertz CT molecular complexity index is 912. The number of carbonyl (C=O) groups excluding carboxylic acids is 3. The minimum Gasteiger partial charge on any atom is -0.326 e. The van der Waals surface area contributed by atoms with E-state index in [2.05, 4.69) is 29.2 Å². The fraction of sp³-hybridized carbons (Fsp3) is 0.190. The summed E-state index contributed by atoms with van der Waals surface area (Å²) in [6.07, 6.45) is 1.64. The van der Waals surface area contributed by atoms with Crippen LogP contribution in [0.4, 0.5) is 5.69 Å². The van der Waals surface area contributed by atoms with Gasteiger partial charge in [0.05, 0.1) is 18.5 Å². The van der Waals surface area contributed by atoms with Gasteiger partial charge in [-0.25, -0.2) is 4.90 Å². The quantitative estimate of drug-likeness (QED) is 0.339. The maximum Gasteiger partial charge on any atom is 0.257 e. The molecule has 0 aliphatic carbocycles. The number of nitrogens with zero attached hydrogens (tertiary/aromatic N) is 2. The van der Waals surface area contributed by atoms with Crippen LogP contribution in [-0.4, -0.2) is 35.2 Å². The van der Waals surface area contributed by atoms with Crippen LogP contribution < -0.4 is 4.90 Å². The molecule has 0 bridgehead atoms. The molecule has 0 aromatic heterocycles. The van der Waals surface area contributed by atoms with E-state index < -0.39 is 11.9 Å². The molecule has 1 aliphatic rings. The van der Waals surface area contributed by atoms with Gasteiger partial charge in [0, 0.05) is 15.1 Å². The van der Waals surface area contributed by atoms with Gasteiger partial charge in [0.25, 0.3) is 5.91 Å². The third-order valence-corrected chi connectivity index (χ3v) is 5.47. The zero-order valence-corrected chi connectivity index (χ0v) is 17.9. The van der Waals surface area contributed by atoms with Gasteiger partial charge in [-0.15, -0.1) is 6.58 Å². The number of halogens is 2. The van der Waals surface area contributed by atoms with Crippen molar-refractivity contribution in [1.29, 1.82) is 0 Å². The van der Waals surface area contributed by atoms with Crippen LogP contribution in [0.25, 0.3) is 0 Å². The van der Waals surface area contributed by atoms with Crippen LogP contribution in [0.2, 0.25) is 5.02 Å². The molecule has 5 nitrogen and oxygen atoms in total. The van der Waals surface area contributed by atoms with Crippen LogP contribution >= 0.6 is 34.2 Å². The number of amides is 3. The Morgan fingerprint density at radius 2 is 1.82 bits per heavy atom. The zero-order chi connectivity index (χ0) is 20.3. The van der Waals surface area contributed by atoms with Gasteiger partial charge < -0.3 is 4.90 Å². The highest BCUT2D eigenvalue weighted by atomic mass is 127. The standard InChI is InChI=1S/C21H18ClIN2O3/c1-2-11-24(19(26)12-14-3-5-15(22)6-4-14)18-13-20(27)25(21(18)28)17-9-7-16(23)8-10-17/h2-10,18H,1,11-13H2. The molecule has 2 aromatic rings. The normalized spacial score (nSPS) is 16.4. The van der Waals surface area contributed by atoms with Crippen molar-refractivity contribution in [2.24, 2.45) is 0 Å². The molecular weight excluding hydrogens is 491 g/mol. The van der Waals surface area contributed by atoms with Crippen molar-refractivity contribution >= 4 is 57.6 Å². The first kappa shape index (κ1) is 20.5. The third kappa shape index (κ3) is 4.44. The molecule has 1 saturated heterocycles. The molecule has 0 saturated carbocycles. The Morgan fingerprint density at radius 1 is 1.18 bits per heavy atom. The second-order valence-corrected chi connectivity index (χ2v) is 8.08. The van der Waals surface area contributed by atoms with E-state index in [9.17, 15) is 14.4 Å². The number of hydrogen-bond donors (Lipinski definition) is 0. The van der Waals surface area contributed by atoms with Crippen LogP contribution in [0.5, 0.6) is 0 Å². The summed E-state index contributed by atoms with van der Waals surface area (Å²) in [5.41, 5.74) is 1.30. The first-order valence-electron chi connectivity index (χ1n) is 8.68. The molecule has 0 N–H and O–H groups in total. The molecular formula is C21H18ClIN2O3. The molecule has 0 radical (unpaired) electrons. The number of hydrogen-bond acceptors (Lipinski definition) is 3. The van der Waals surface area contributed by atoms with Crippen molar-refractivity contribution in [1.82, 2.24) is 4.90 Å². The Hall–Kier alpha value is -2.19. The zero-order valence-electron chi connectivity index (χ0n) is 15.0. The van der Waals surface area contributed by atoms with Gasteiger partial charge in [0.2, 0.25) is 11.8 Å². The van der Waals surface area contributed by atoms with Gasteiger partial charge in [-0.3, -0.25) is 14.4 Å². The lowest BCUT2D eigenvalue weighted by molar-refractivity contribution is -0.137. The number of benzene rings is 2. The maximum absolute atomic E-state index is 13.0. The van der Waals surface area contributed by atoms with Gasteiger partial charge in [-0.1, -0.05) is 29.8 Å².